The van der Waals surface area contributed by atoms with Crippen molar-refractivity contribution in [1.29, 1.82) is 0 Å². The van der Waals surface area contributed by atoms with Crippen LogP contribution in [0, 0.1) is 0 Å². The fraction of sp³-hybridized carbons (Fsp3) is 0. The molecule has 0 spiro atoms. The second-order valence-electron chi connectivity index (χ2n) is 13.5. The van der Waals surface area contributed by atoms with E-state index in [1.54, 1.807) is 6.20 Å². The van der Waals surface area contributed by atoms with Crippen LogP contribution in [-0.4, -0.2) is 24.5 Å². The van der Waals surface area contributed by atoms with Gasteiger partial charge >= 0.3 is 0 Å². The first kappa shape index (κ1) is 32.2. The van der Waals surface area contributed by atoms with Crippen molar-refractivity contribution in [3.05, 3.63) is 200 Å². The Bertz CT molecular complexity index is 2790. The van der Waals surface area contributed by atoms with Crippen LogP contribution in [0.2, 0.25) is 0 Å². The highest BCUT2D eigenvalue weighted by Crippen LogP contribution is 2.40. The van der Waals surface area contributed by atoms with Gasteiger partial charge in [-0.1, -0.05) is 146 Å². The van der Waals surface area contributed by atoms with E-state index in [1.807, 2.05) is 72.9 Å². The molecule has 0 fully saturated rings. The minimum absolute atomic E-state index is 0.590. The Morgan fingerprint density at radius 3 is 1.29 bits per heavy atom. The lowest BCUT2D eigenvalue weighted by atomic mass is 9.99. The third-order valence-corrected chi connectivity index (χ3v) is 10.2. The molecule has 0 aliphatic heterocycles. The molecule has 0 aliphatic carbocycles. The zero-order valence-corrected chi connectivity index (χ0v) is 29.8. The van der Waals surface area contributed by atoms with Crippen molar-refractivity contribution in [3.63, 3.8) is 0 Å². The smallest absolute Gasteiger partial charge is 0.164 e. The van der Waals surface area contributed by atoms with Crippen molar-refractivity contribution in [2.24, 2.45) is 0 Å². The van der Waals surface area contributed by atoms with Crippen molar-refractivity contribution in [1.82, 2.24) is 24.5 Å². The zero-order valence-electron chi connectivity index (χ0n) is 29.8. The Morgan fingerprint density at radius 1 is 0.327 bits per heavy atom. The van der Waals surface area contributed by atoms with E-state index in [2.05, 4.69) is 131 Å². The Morgan fingerprint density at radius 2 is 0.800 bits per heavy atom. The molecular weight excluding hydrogens is 671 g/mol. The average Bonchev–Trinajstić information content (AvgIpc) is 3.60. The maximum Gasteiger partial charge on any atom is 0.164 e. The van der Waals surface area contributed by atoms with E-state index in [0.29, 0.717) is 17.5 Å². The lowest BCUT2D eigenvalue weighted by molar-refractivity contribution is 1.07. The first-order valence-corrected chi connectivity index (χ1v) is 18.4. The van der Waals surface area contributed by atoms with Gasteiger partial charge in [-0.25, -0.2) is 15.0 Å². The fourth-order valence-electron chi connectivity index (χ4n) is 7.48. The number of pyridine rings is 1. The van der Waals surface area contributed by atoms with Crippen molar-refractivity contribution in [3.8, 4) is 73.2 Å². The Kier molecular flexibility index (Phi) is 8.08. The van der Waals surface area contributed by atoms with E-state index in [0.717, 1.165) is 44.5 Å². The largest absolute Gasteiger partial charge is 0.309 e. The summed E-state index contributed by atoms with van der Waals surface area (Å²) in [6.45, 7) is 0. The van der Waals surface area contributed by atoms with Crippen LogP contribution in [0.25, 0.3) is 95.0 Å². The molecule has 5 heteroatoms. The second-order valence-corrected chi connectivity index (χ2v) is 13.5. The third kappa shape index (κ3) is 6.04. The van der Waals surface area contributed by atoms with Crippen molar-refractivity contribution < 1.29 is 0 Å². The van der Waals surface area contributed by atoms with Crippen LogP contribution >= 0.6 is 0 Å². The Labute approximate surface area is 318 Å². The molecule has 0 N–H and O–H groups in total. The number of fused-ring (bicyclic) bond motifs is 3. The molecule has 0 aliphatic rings. The van der Waals surface area contributed by atoms with Crippen molar-refractivity contribution in [2.45, 2.75) is 0 Å². The molecule has 0 saturated heterocycles. The number of rotatable bonds is 7. The first-order chi connectivity index (χ1) is 27.3. The van der Waals surface area contributed by atoms with Crippen LogP contribution in [0.3, 0.4) is 0 Å². The summed E-state index contributed by atoms with van der Waals surface area (Å²) in [6.07, 6.45) is 3.69. The zero-order chi connectivity index (χ0) is 36.6. The normalized spacial score (nSPS) is 11.3. The van der Waals surface area contributed by atoms with Crippen molar-refractivity contribution in [2.75, 3.05) is 0 Å². The molecule has 10 aromatic rings. The van der Waals surface area contributed by atoms with Gasteiger partial charge in [0.15, 0.2) is 17.5 Å². The molecule has 0 saturated carbocycles. The van der Waals surface area contributed by atoms with Gasteiger partial charge in [0.2, 0.25) is 0 Å². The number of hydrogen-bond donors (Lipinski definition) is 0. The van der Waals surface area contributed by atoms with Gasteiger partial charge in [-0.05, 0) is 70.3 Å². The third-order valence-electron chi connectivity index (χ3n) is 10.2. The van der Waals surface area contributed by atoms with E-state index in [4.69, 9.17) is 15.0 Å². The number of nitrogens with zero attached hydrogens (tertiary/aromatic N) is 5. The minimum atomic E-state index is 0.590. The van der Waals surface area contributed by atoms with E-state index in [-0.39, 0.29) is 0 Å². The first-order valence-electron chi connectivity index (χ1n) is 18.4. The van der Waals surface area contributed by atoms with E-state index in [9.17, 15) is 0 Å². The van der Waals surface area contributed by atoms with Gasteiger partial charge in [0.05, 0.1) is 11.0 Å². The highest BCUT2D eigenvalue weighted by atomic mass is 15.0. The minimum Gasteiger partial charge on any atom is -0.309 e. The van der Waals surface area contributed by atoms with Gasteiger partial charge in [0.1, 0.15) is 0 Å². The highest BCUT2D eigenvalue weighted by Gasteiger charge is 2.20. The van der Waals surface area contributed by atoms with Crippen LogP contribution in [0.4, 0.5) is 0 Å². The molecule has 55 heavy (non-hydrogen) atoms. The molecule has 258 valence electrons. The monoisotopic (exact) mass is 703 g/mol. The molecule has 10 rings (SSSR count). The second kappa shape index (κ2) is 13.8. The summed E-state index contributed by atoms with van der Waals surface area (Å²) in [5, 5.41) is 2.37. The fourth-order valence-corrected chi connectivity index (χ4v) is 7.48. The van der Waals surface area contributed by atoms with Crippen LogP contribution in [0.15, 0.2) is 200 Å². The molecule has 0 bridgehead atoms. The quantitative estimate of drug-likeness (QED) is 0.166. The topological polar surface area (TPSA) is 56.5 Å². The summed E-state index contributed by atoms with van der Waals surface area (Å²) in [6, 6.07) is 65.6. The predicted octanol–water partition coefficient (Wildman–Crippen LogP) is 12.4. The van der Waals surface area contributed by atoms with Gasteiger partial charge in [0, 0.05) is 51.1 Å². The molecule has 0 atom stereocenters. The Balaban J connectivity index is 1.24. The molecule has 0 unspecified atom stereocenters. The molecule has 7 aromatic carbocycles. The maximum atomic E-state index is 5.17. The van der Waals surface area contributed by atoms with E-state index < -0.39 is 0 Å². The number of hydrogen-bond acceptors (Lipinski definition) is 4. The highest BCUT2D eigenvalue weighted by molar-refractivity contribution is 6.11. The van der Waals surface area contributed by atoms with Crippen LogP contribution in [-0.2, 0) is 0 Å². The summed E-state index contributed by atoms with van der Waals surface area (Å²) in [5.41, 5.74) is 12.7. The SMILES string of the molecule is c1ccc(-c2ccc3c(c2)c2cc(-c4ccccc4)ccc2n3-c2ccc(-c3cccnc3)c(-c3nc(-c4ccccc4)nc(-c4ccccc4)n3)c2)cc1. The lowest BCUT2D eigenvalue weighted by Crippen LogP contribution is -2.02. The maximum absolute atomic E-state index is 5.17. The van der Waals surface area contributed by atoms with Crippen LogP contribution in [0.1, 0.15) is 0 Å². The van der Waals surface area contributed by atoms with Gasteiger partial charge < -0.3 is 4.57 Å². The standard InChI is InChI=1S/C50H33N5/c1-5-14-34(15-6-1)38-23-27-46-43(30-38)44-31-39(35-16-7-2-8-17-35)24-28-47(44)55(46)41-25-26-42(40-22-13-29-51-33-40)45(32-41)50-53-48(36-18-9-3-10-19-36)52-49(54-50)37-20-11-4-12-21-37/h1-33H. The molecule has 5 nitrogen and oxygen atoms in total. The predicted molar refractivity (Wildman–Crippen MR) is 225 cm³/mol. The summed E-state index contributed by atoms with van der Waals surface area (Å²) in [7, 11) is 0. The summed E-state index contributed by atoms with van der Waals surface area (Å²) < 4.78 is 2.36. The lowest BCUT2D eigenvalue weighted by Gasteiger charge is -2.15. The molecule has 0 amide bonds. The average molecular weight is 704 g/mol. The van der Waals surface area contributed by atoms with Gasteiger partial charge in [0.25, 0.3) is 0 Å². The van der Waals surface area contributed by atoms with Gasteiger partial charge in [-0.3, -0.25) is 4.98 Å². The van der Waals surface area contributed by atoms with Crippen LogP contribution < -0.4 is 0 Å². The summed E-state index contributed by atoms with van der Waals surface area (Å²) in [5.74, 6) is 1.82. The van der Waals surface area contributed by atoms with E-state index >= 15 is 0 Å². The molecule has 3 aromatic heterocycles. The van der Waals surface area contributed by atoms with Crippen LogP contribution in [0.5, 0.6) is 0 Å². The number of benzene rings is 7. The van der Waals surface area contributed by atoms with Gasteiger partial charge in [-0.2, -0.15) is 0 Å². The molecular formula is C50H33N5. The van der Waals surface area contributed by atoms with E-state index in [1.165, 1.54) is 33.0 Å². The summed E-state index contributed by atoms with van der Waals surface area (Å²) >= 11 is 0. The number of aromatic nitrogens is 5. The Hall–Kier alpha value is -7.50. The molecule has 3 heterocycles. The van der Waals surface area contributed by atoms with Gasteiger partial charge in [-0.15, -0.1) is 0 Å². The summed E-state index contributed by atoms with van der Waals surface area (Å²) in [4.78, 5) is 19.8. The molecule has 0 radical (unpaired) electrons. The van der Waals surface area contributed by atoms with Crippen molar-refractivity contribution >= 4 is 21.8 Å².